The molecule has 19 heavy (non-hydrogen) atoms. The number of rotatable bonds is 4. The smallest absolute Gasteiger partial charge is 0.123 e. The average Bonchev–Trinajstić information content (AvgIpc) is 3.06. The van der Waals surface area contributed by atoms with E-state index in [1.807, 2.05) is 6.07 Å². The van der Waals surface area contributed by atoms with E-state index in [2.05, 4.69) is 37.4 Å². The van der Waals surface area contributed by atoms with Gasteiger partial charge < -0.3 is 14.9 Å². The van der Waals surface area contributed by atoms with Crippen molar-refractivity contribution < 1.29 is 14.9 Å². The highest BCUT2D eigenvalue weighted by Gasteiger charge is 2.70. The van der Waals surface area contributed by atoms with E-state index in [0.29, 0.717) is 5.54 Å². The molecule has 0 radical (unpaired) electrons. The molecule has 1 aromatic carbocycles. The van der Waals surface area contributed by atoms with Gasteiger partial charge in [-0.3, -0.25) is 0 Å². The molecule has 0 amide bonds. The van der Waals surface area contributed by atoms with Crippen LogP contribution in [0.3, 0.4) is 0 Å². The van der Waals surface area contributed by atoms with Crippen LogP contribution in [-0.4, -0.2) is 43.2 Å². The van der Waals surface area contributed by atoms with Gasteiger partial charge in [-0.2, -0.15) is 0 Å². The minimum Gasteiger partial charge on any atom is -0.396 e. The fraction of sp³-hybridized carbons (Fsp3) is 0.600. The summed E-state index contributed by atoms with van der Waals surface area (Å²) in [5.41, 5.74) is 0.0455. The maximum atomic E-state index is 9.77. The number of epoxide rings is 1. The standard InChI is InChI=1S/C15H22O3Si/c1-19(2,11-6-4-3-5-7-11)13-8-14-15(10-17,18-14)12(13)9-16/h3-7,12-14,16-17H,8-10H2,1-2H3/t12-,13+,14-,15+/m1/s1. The number of aliphatic hydroxyl groups is 2. The van der Waals surface area contributed by atoms with E-state index in [1.54, 1.807) is 0 Å². The molecule has 4 heteroatoms. The molecule has 0 unspecified atom stereocenters. The van der Waals surface area contributed by atoms with E-state index in [4.69, 9.17) is 4.74 Å². The van der Waals surface area contributed by atoms with Crippen LogP contribution in [0.15, 0.2) is 30.3 Å². The summed E-state index contributed by atoms with van der Waals surface area (Å²) in [5.74, 6) is 0.0874. The van der Waals surface area contributed by atoms with Gasteiger partial charge in [-0.15, -0.1) is 0 Å². The van der Waals surface area contributed by atoms with Gasteiger partial charge in [-0.05, 0) is 12.0 Å². The quantitative estimate of drug-likeness (QED) is 0.641. The zero-order valence-corrected chi connectivity index (χ0v) is 12.5. The number of benzene rings is 1. The summed E-state index contributed by atoms with van der Waals surface area (Å²) in [6, 6.07) is 10.6. The molecule has 3 rings (SSSR count). The van der Waals surface area contributed by atoms with Gasteiger partial charge >= 0.3 is 0 Å². The first kappa shape index (κ1) is 13.3. The predicted octanol–water partition coefficient (Wildman–Crippen LogP) is 1.11. The third kappa shape index (κ3) is 1.81. The second kappa shape index (κ2) is 4.41. The van der Waals surface area contributed by atoms with Crippen molar-refractivity contribution in [3.8, 4) is 0 Å². The van der Waals surface area contributed by atoms with Gasteiger partial charge in [0.05, 0.1) is 20.8 Å². The summed E-state index contributed by atoms with van der Waals surface area (Å²) in [6.45, 7) is 4.89. The van der Waals surface area contributed by atoms with Crippen LogP contribution < -0.4 is 5.19 Å². The molecule has 0 bridgehead atoms. The Morgan fingerprint density at radius 1 is 1.26 bits per heavy atom. The van der Waals surface area contributed by atoms with Crippen LogP contribution >= 0.6 is 0 Å². The molecule has 3 nitrogen and oxygen atoms in total. The minimum absolute atomic E-state index is 0.0403. The predicted molar refractivity (Wildman–Crippen MR) is 77.2 cm³/mol. The Bertz CT molecular complexity index is 458. The zero-order valence-electron chi connectivity index (χ0n) is 11.5. The van der Waals surface area contributed by atoms with Crippen molar-refractivity contribution in [1.29, 1.82) is 0 Å². The first-order valence-corrected chi connectivity index (χ1v) is 10.1. The van der Waals surface area contributed by atoms with Crippen LogP contribution in [0.25, 0.3) is 0 Å². The Balaban J connectivity index is 1.91. The summed E-state index contributed by atoms with van der Waals surface area (Å²) < 4.78 is 5.67. The van der Waals surface area contributed by atoms with E-state index in [-0.39, 0.29) is 25.2 Å². The van der Waals surface area contributed by atoms with Crippen LogP contribution in [0.4, 0.5) is 0 Å². The highest BCUT2D eigenvalue weighted by molar-refractivity contribution is 6.91. The van der Waals surface area contributed by atoms with Crippen LogP contribution in [0, 0.1) is 5.92 Å². The first-order chi connectivity index (χ1) is 9.06. The molecule has 1 aliphatic carbocycles. The lowest BCUT2D eigenvalue weighted by Gasteiger charge is -2.36. The topological polar surface area (TPSA) is 53.0 Å². The Morgan fingerprint density at radius 3 is 2.53 bits per heavy atom. The Kier molecular flexibility index (Phi) is 3.09. The van der Waals surface area contributed by atoms with Gasteiger partial charge in [-0.25, -0.2) is 0 Å². The van der Waals surface area contributed by atoms with E-state index in [0.717, 1.165) is 6.42 Å². The lowest BCUT2D eigenvalue weighted by Crippen LogP contribution is -2.50. The molecule has 1 saturated heterocycles. The second-order valence-electron chi connectivity index (χ2n) is 6.44. The van der Waals surface area contributed by atoms with Gasteiger partial charge in [-0.1, -0.05) is 48.6 Å². The molecule has 2 aliphatic rings. The van der Waals surface area contributed by atoms with Crippen molar-refractivity contribution >= 4 is 13.3 Å². The molecule has 2 N–H and O–H groups in total. The Labute approximate surface area is 115 Å². The van der Waals surface area contributed by atoms with Gasteiger partial charge in [0.1, 0.15) is 5.60 Å². The van der Waals surface area contributed by atoms with Crippen LogP contribution in [0.1, 0.15) is 6.42 Å². The third-order valence-corrected chi connectivity index (χ3v) is 9.63. The average molecular weight is 278 g/mol. The molecular weight excluding hydrogens is 256 g/mol. The normalized spacial score (nSPS) is 37.2. The maximum Gasteiger partial charge on any atom is 0.123 e. The van der Waals surface area contributed by atoms with E-state index >= 15 is 0 Å². The van der Waals surface area contributed by atoms with Crippen LogP contribution in [0.5, 0.6) is 0 Å². The SMILES string of the molecule is C[Si](C)(c1ccccc1)[C@H]1C[C@H]2O[C@@]2(CO)[C@@H]1CO. The molecule has 1 aromatic rings. The van der Waals surface area contributed by atoms with E-state index < -0.39 is 13.7 Å². The van der Waals surface area contributed by atoms with E-state index in [9.17, 15) is 10.2 Å². The maximum absolute atomic E-state index is 9.77. The molecule has 0 spiro atoms. The second-order valence-corrected chi connectivity index (χ2v) is 11.2. The molecule has 1 heterocycles. The van der Waals surface area contributed by atoms with Crippen molar-refractivity contribution in [2.75, 3.05) is 13.2 Å². The molecule has 0 aromatic heterocycles. The lowest BCUT2D eigenvalue weighted by atomic mass is 9.96. The number of fused-ring (bicyclic) bond motifs is 1. The third-order valence-electron chi connectivity index (χ3n) is 5.32. The van der Waals surface area contributed by atoms with Gasteiger partial charge in [0.2, 0.25) is 0 Å². The van der Waals surface area contributed by atoms with Crippen molar-refractivity contribution in [1.82, 2.24) is 0 Å². The molecular formula is C15H22O3Si. The van der Waals surface area contributed by atoms with Gasteiger partial charge in [0.25, 0.3) is 0 Å². The highest BCUT2D eigenvalue weighted by atomic mass is 28.3. The van der Waals surface area contributed by atoms with Crippen LogP contribution in [-0.2, 0) is 4.74 Å². The van der Waals surface area contributed by atoms with Crippen molar-refractivity contribution in [2.45, 2.75) is 36.8 Å². The number of aliphatic hydroxyl groups excluding tert-OH is 2. The number of hydrogen-bond donors (Lipinski definition) is 2. The molecule has 1 saturated carbocycles. The summed E-state index contributed by atoms with van der Waals surface area (Å²) in [6.07, 6.45) is 1.15. The van der Waals surface area contributed by atoms with Gasteiger partial charge in [0.15, 0.2) is 0 Å². The monoisotopic (exact) mass is 278 g/mol. The first-order valence-electron chi connectivity index (χ1n) is 7.01. The van der Waals surface area contributed by atoms with Gasteiger partial charge in [0, 0.05) is 12.5 Å². The number of hydrogen-bond acceptors (Lipinski definition) is 3. The summed E-state index contributed by atoms with van der Waals surface area (Å²) >= 11 is 0. The summed E-state index contributed by atoms with van der Waals surface area (Å²) in [4.78, 5) is 0. The highest BCUT2D eigenvalue weighted by Crippen LogP contribution is 2.60. The van der Waals surface area contributed by atoms with Crippen molar-refractivity contribution in [3.63, 3.8) is 0 Å². The minimum atomic E-state index is -1.66. The number of ether oxygens (including phenoxy) is 1. The Hall–Kier alpha value is -0.683. The summed E-state index contributed by atoms with van der Waals surface area (Å²) in [5, 5.41) is 20.8. The molecule has 4 atom stereocenters. The Morgan fingerprint density at radius 2 is 1.95 bits per heavy atom. The van der Waals surface area contributed by atoms with E-state index in [1.165, 1.54) is 5.19 Å². The molecule has 1 aliphatic heterocycles. The van der Waals surface area contributed by atoms with Crippen LogP contribution in [0.2, 0.25) is 18.6 Å². The largest absolute Gasteiger partial charge is 0.396 e. The van der Waals surface area contributed by atoms with Crippen molar-refractivity contribution in [3.05, 3.63) is 30.3 Å². The fourth-order valence-corrected chi connectivity index (χ4v) is 7.63. The molecule has 2 fully saturated rings. The summed E-state index contributed by atoms with van der Waals surface area (Å²) in [7, 11) is -1.66. The molecule has 104 valence electrons. The zero-order chi connectivity index (χ0) is 13.7. The van der Waals surface area contributed by atoms with Crippen molar-refractivity contribution in [2.24, 2.45) is 5.92 Å². The fourth-order valence-electron chi connectivity index (χ4n) is 3.96. The lowest BCUT2D eigenvalue weighted by molar-refractivity contribution is 0.0747.